The number of anilines is 1. The largest absolute Gasteiger partial charge is 0.370 e. The first kappa shape index (κ1) is 13.5. The van der Waals surface area contributed by atoms with Gasteiger partial charge >= 0.3 is 0 Å². The fourth-order valence-corrected chi connectivity index (χ4v) is 4.08. The Morgan fingerprint density at radius 1 is 0.947 bits per heavy atom. The Bertz CT molecular complexity index is 441. The maximum Gasteiger partial charge on any atom is 0.0372 e. The van der Waals surface area contributed by atoms with E-state index in [0.29, 0.717) is 5.41 Å². The molecule has 1 heterocycles. The molecule has 0 atom stereocenters. The Morgan fingerprint density at radius 2 is 1.47 bits per heavy atom. The predicted molar refractivity (Wildman–Crippen MR) is 86.0 cm³/mol. The third-order valence-corrected chi connectivity index (χ3v) is 6.25. The average molecular weight is 322 g/mol. The molecule has 1 aliphatic carbocycles. The first-order chi connectivity index (χ1) is 9.10. The first-order valence-electron chi connectivity index (χ1n) is 7.61. The number of benzene rings is 1. The molecule has 1 spiro atoms. The van der Waals surface area contributed by atoms with Gasteiger partial charge in [-0.2, -0.15) is 0 Å². The second kappa shape index (κ2) is 5.12. The highest BCUT2D eigenvalue weighted by Crippen LogP contribution is 2.45. The summed E-state index contributed by atoms with van der Waals surface area (Å²) in [5, 5.41) is 0. The fourth-order valence-electron chi connectivity index (χ4n) is 3.85. The van der Waals surface area contributed by atoms with E-state index in [0.717, 1.165) is 0 Å². The summed E-state index contributed by atoms with van der Waals surface area (Å²) in [6.07, 6.45) is 8.73. The van der Waals surface area contributed by atoms with Crippen LogP contribution in [0.2, 0.25) is 0 Å². The summed E-state index contributed by atoms with van der Waals surface area (Å²) in [5.74, 6) is 0. The molecular weight excluding hydrogens is 298 g/mol. The van der Waals surface area contributed by atoms with Gasteiger partial charge in [-0.05, 0) is 49.9 Å². The summed E-state index contributed by atoms with van der Waals surface area (Å²) in [4.78, 5) is 2.58. The van der Waals surface area contributed by atoms with Crippen LogP contribution in [0.3, 0.4) is 0 Å². The standard InChI is InChI=1S/C17H24BrN/c1-13-9-15(10-14(2)16(13)18)19-11-17(12-19)7-5-3-4-6-8-17/h9-10H,3-8,11-12H2,1-2H3. The molecule has 1 aromatic rings. The van der Waals surface area contributed by atoms with Crippen LogP contribution in [0.1, 0.15) is 49.7 Å². The van der Waals surface area contributed by atoms with Gasteiger partial charge in [-0.3, -0.25) is 0 Å². The lowest BCUT2D eigenvalue weighted by atomic mass is 9.73. The number of aryl methyl sites for hydroxylation is 2. The Labute approximate surface area is 125 Å². The molecule has 0 aromatic heterocycles. The van der Waals surface area contributed by atoms with E-state index in [9.17, 15) is 0 Å². The number of nitrogens with zero attached hydrogens (tertiary/aromatic N) is 1. The third-order valence-electron chi connectivity index (χ3n) is 5.00. The van der Waals surface area contributed by atoms with Gasteiger partial charge in [0.1, 0.15) is 0 Å². The van der Waals surface area contributed by atoms with Crippen molar-refractivity contribution in [3.63, 3.8) is 0 Å². The van der Waals surface area contributed by atoms with Gasteiger partial charge in [-0.25, -0.2) is 0 Å². The van der Waals surface area contributed by atoms with Crippen molar-refractivity contribution in [2.45, 2.75) is 52.4 Å². The van der Waals surface area contributed by atoms with Gasteiger partial charge in [0, 0.05) is 28.7 Å². The number of rotatable bonds is 1. The van der Waals surface area contributed by atoms with E-state index in [1.807, 2.05) is 0 Å². The Morgan fingerprint density at radius 3 is 2.00 bits per heavy atom. The van der Waals surface area contributed by atoms with Crippen LogP contribution in [0, 0.1) is 19.3 Å². The van der Waals surface area contributed by atoms with Crippen LogP contribution in [0.5, 0.6) is 0 Å². The van der Waals surface area contributed by atoms with Crippen molar-refractivity contribution in [1.29, 1.82) is 0 Å². The fraction of sp³-hybridized carbons (Fsp3) is 0.647. The lowest BCUT2D eigenvalue weighted by molar-refractivity contribution is 0.180. The zero-order valence-electron chi connectivity index (χ0n) is 12.1. The summed E-state index contributed by atoms with van der Waals surface area (Å²) in [6.45, 7) is 6.96. The summed E-state index contributed by atoms with van der Waals surface area (Å²) in [6, 6.07) is 4.67. The molecular formula is C17H24BrN. The highest BCUT2D eigenvalue weighted by molar-refractivity contribution is 9.10. The van der Waals surface area contributed by atoms with Gasteiger partial charge < -0.3 is 4.90 Å². The van der Waals surface area contributed by atoms with Gasteiger partial charge in [-0.1, -0.05) is 41.6 Å². The highest BCUT2D eigenvalue weighted by Gasteiger charge is 2.42. The first-order valence-corrected chi connectivity index (χ1v) is 8.41. The van der Waals surface area contributed by atoms with Crippen LogP contribution in [0.25, 0.3) is 0 Å². The van der Waals surface area contributed by atoms with Gasteiger partial charge in [-0.15, -0.1) is 0 Å². The number of hydrogen-bond acceptors (Lipinski definition) is 1. The van der Waals surface area contributed by atoms with Gasteiger partial charge in [0.15, 0.2) is 0 Å². The van der Waals surface area contributed by atoms with Crippen molar-refractivity contribution < 1.29 is 0 Å². The van der Waals surface area contributed by atoms with Crippen LogP contribution < -0.4 is 4.90 Å². The summed E-state index contributed by atoms with van der Waals surface area (Å²) < 4.78 is 1.26. The van der Waals surface area contributed by atoms with E-state index in [4.69, 9.17) is 0 Å². The number of halogens is 1. The van der Waals surface area contributed by atoms with E-state index in [2.05, 4.69) is 46.8 Å². The topological polar surface area (TPSA) is 3.24 Å². The lowest BCUT2D eigenvalue weighted by Crippen LogP contribution is -2.56. The van der Waals surface area contributed by atoms with Crippen molar-refractivity contribution >= 4 is 21.6 Å². The predicted octanol–water partition coefficient (Wildman–Crippen LogP) is 5.23. The molecule has 2 fully saturated rings. The maximum absolute atomic E-state index is 3.66. The monoisotopic (exact) mass is 321 g/mol. The van der Waals surface area contributed by atoms with Crippen LogP contribution in [-0.2, 0) is 0 Å². The molecule has 104 valence electrons. The maximum atomic E-state index is 3.66. The van der Waals surface area contributed by atoms with Crippen LogP contribution >= 0.6 is 15.9 Å². The quantitative estimate of drug-likeness (QED) is 0.684. The van der Waals surface area contributed by atoms with Gasteiger partial charge in [0.05, 0.1) is 0 Å². The molecule has 2 heteroatoms. The number of hydrogen-bond donors (Lipinski definition) is 0. The summed E-state index contributed by atoms with van der Waals surface area (Å²) >= 11 is 3.66. The molecule has 1 nitrogen and oxygen atoms in total. The van der Waals surface area contributed by atoms with Crippen molar-refractivity contribution in [3.8, 4) is 0 Å². The van der Waals surface area contributed by atoms with Gasteiger partial charge in [0.25, 0.3) is 0 Å². The van der Waals surface area contributed by atoms with E-state index >= 15 is 0 Å². The van der Waals surface area contributed by atoms with E-state index in [-0.39, 0.29) is 0 Å². The minimum absolute atomic E-state index is 0.658. The van der Waals surface area contributed by atoms with Gasteiger partial charge in [0.2, 0.25) is 0 Å². The molecule has 0 radical (unpaired) electrons. The molecule has 0 N–H and O–H groups in total. The van der Waals surface area contributed by atoms with Crippen molar-refractivity contribution in [2.24, 2.45) is 5.41 Å². The molecule has 1 aromatic carbocycles. The Kier molecular flexibility index (Phi) is 3.63. The van der Waals surface area contributed by atoms with E-state index in [1.165, 1.54) is 72.9 Å². The molecule has 3 rings (SSSR count). The van der Waals surface area contributed by atoms with Crippen LogP contribution in [-0.4, -0.2) is 13.1 Å². The molecule has 1 saturated carbocycles. The molecule has 0 bridgehead atoms. The third kappa shape index (κ3) is 2.56. The highest BCUT2D eigenvalue weighted by atomic mass is 79.9. The van der Waals surface area contributed by atoms with Crippen LogP contribution in [0.4, 0.5) is 5.69 Å². The minimum Gasteiger partial charge on any atom is -0.370 e. The second-order valence-electron chi connectivity index (χ2n) is 6.66. The minimum atomic E-state index is 0.658. The van der Waals surface area contributed by atoms with Crippen molar-refractivity contribution in [1.82, 2.24) is 0 Å². The molecule has 0 amide bonds. The van der Waals surface area contributed by atoms with E-state index < -0.39 is 0 Å². The normalized spacial score (nSPS) is 22.2. The average Bonchev–Trinajstić information content (AvgIpc) is 2.59. The SMILES string of the molecule is Cc1cc(N2CC3(CCCCCC3)C2)cc(C)c1Br. The second-order valence-corrected chi connectivity index (χ2v) is 7.46. The summed E-state index contributed by atoms with van der Waals surface area (Å²) in [5.41, 5.74) is 4.80. The van der Waals surface area contributed by atoms with E-state index in [1.54, 1.807) is 0 Å². The molecule has 2 aliphatic rings. The van der Waals surface area contributed by atoms with Crippen molar-refractivity contribution in [3.05, 3.63) is 27.7 Å². The zero-order chi connectivity index (χ0) is 13.5. The molecule has 1 saturated heterocycles. The van der Waals surface area contributed by atoms with Crippen LogP contribution in [0.15, 0.2) is 16.6 Å². The molecule has 0 unspecified atom stereocenters. The lowest BCUT2D eigenvalue weighted by Gasteiger charge is -2.52. The Balaban J connectivity index is 1.73. The zero-order valence-corrected chi connectivity index (χ0v) is 13.7. The molecule has 1 aliphatic heterocycles. The van der Waals surface area contributed by atoms with Crippen molar-refractivity contribution in [2.75, 3.05) is 18.0 Å². The Hall–Kier alpha value is -0.500. The molecule has 19 heavy (non-hydrogen) atoms. The smallest absolute Gasteiger partial charge is 0.0372 e. The summed E-state index contributed by atoms with van der Waals surface area (Å²) in [7, 11) is 0.